The molecule has 3 nitrogen and oxygen atoms in total. The van der Waals surface area contributed by atoms with Gasteiger partial charge in [0.2, 0.25) is 0 Å². The normalized spacial score (nSPS) is 10.5. The Labute approximate surface area is 116 Å². The number of benzene rings is 1. The van der Waals surface area contributed by atoms with Crippen molar-refractivity contribution in [1.29, 1.82) is 0 Å². The maximum absolute atomic E-state index is 5.82. The van der Waals surface area contributed by atoms with Crippen LogP contribution in [0, 0.1) is 0 Å². The Kier molecular flexibility index (Phi) is 5.00. The second kappa shape index (κ2) is 6.29. The highest BCUT2D eigenvalue weighted by atomic mass is 28.4. The predicted molar refractivity (Wildman–Crippen MR) is 79.5 cm³/mol. The lowest BCUT2D eigenvalue weighted by atomic mass is 10.4. The van der Waals surface area contributed by atoms with Crippen molar-refractivity contribution in [3.05, 3.63) is 67.3 Å². The minimum Gasteiger partial charge on any atom is -0.485 e. The Morgan fingerprint density at radius 2 is 1.16 bits per heavy atom. The van der Waals surface area contributed by atoms with Gasteiger partial charge in [-0.2, -0.15) is 0 Å². The van der Waals surface area contributed by atoms with Crippen molar-refractivity contribution in [1.82, 2.24) is 0 Å². The van der Waals surface area contributed by atoms with Crippen LogP contribution in [0.15, 0.2) is 67.3 Å². The van der Waals surface area contributed by atoms with Crippen molar-refractivity contribution in [2.75, 3.05) is 0 Å². The molecule has 4 heteroatoms. The van der Waals surface area contributed by atoms with Crippen LogP contribution >= 0.6 is 0 Å². The molecule has 0 aliphatic heterocycles. The molecule has 1 aromatic carbocycles. The van der Waals surface area contributed by atoms with Crippen LogP contribution in [-0.2, 0) is 13.3 Å². The van der Waals surface area contributed by atoms with E-state index in [9.17, 15) is 0 Å². The van der Waals surface area contributed by atoms with Gasteiger partial charge in [0.05, 0.1) is 22.5 Å². The van der Waals surface area contributed by atoms with Crippen LogP contribution in [-0.4, -0.2) is 8.80 Å². The van der Waals surface area contributed by atoms with Crippen LogP contribution in [0.2, 0.25) is 0 Å². The summed E-state index contributed by atoms with van der Waals surface area (Å²) in [5.41, 5.74) is 0. The van der Waals surface area contributed by atoms with Crippen molar-refractivity contribution in [3.63, 3.8) is 0 Å². The van der Waals surface area contributed by atoms with Crippen LogP contribution in [0.3, 0.4) is 0 Å². The van der Waals surface area contributed by atoms with Crippen molar-refractivity contribution in [3.8, 4) is 0 Å². The number of allylic oxidation sites excluding steroid dienone is 3. The van der Waals surface area contributed by atoms with Crippen LogP contribution in [0.25, 0.3) is 0 Å². The molecule has 0 aliphatic carbocycles. The van der Waals surface area contributed by atoms with Crippen molar-refractivity contribution < 1.29 is 13.3 Å². The van der Waals surface area contributed by atoms with E-state index in [0.717, 1.165) is 5.19 Å². The second-order valence-corrected chi connectivity index (χ2v) is 6.64. The first-order valence-electron chi connectivity index (χ1n) is 5.95. The van der Waals surface area contributed by atoms with E-state index in [4.69, 9.17) is 13.3 Å². The third kappa shape index (κ3) is 4.33. The highest BCUT2D eigenvalue weighted by Crippen LogP contribution is 2.20. The van der Waals surface area contributed by atoms with Gasteiger partial charge in [0, 0.05) is 0 Å². The van der Waals surface area contributed by atoms with Gasteiger partial charge in [0.15, 0.2) is 0 Å². The van der Waals surface area contributed by atoms with E-state index in [-0.39, 0.29) is 0 Å². The molecule has 0 aliphatic rings. The lowest BCUT2D eigenvalue weighted by Crippen LogP contribution is -2.55. The zero-order valence-corrected chi connectivity index (χ0v) is 12.7. The Bertz CT molecular complexity index is 439. The zero-order valence-electron chi connectivity index (χ0n) is 11.7. The second-order valence-electron chi connectivity index (χ2n) is 4.33. The molecule has 0 spiro atoms. The Morgan fingerprint density at radius 1 is 0.789 bits per heavy atom. The predicted octanol–water partition coefficient (Wildman–Crippen LogP) is 3.48. The smallest absolute Gasteiger partial charge is 0.485 e. The van der Waals surface area contributed by atoms with E-state index in [1.807, 2.05) is 30.3 Å². The summed E-state index contributed by atoms with van der Waals surface area (Å²) in [6.45, 7) is 16.6. The average Bonchev–Trinajstić information content (AvgIpc) is 2.27. The maximum atomic E-state index is 5.82. The highest BCUT2D eigenvalue weighted by molar-refractivity contribution is 6.76. The minimum absolute atomic E-state index is 0.526. The molecular weight excluding hydrogens is 256 g/mol. The molecule has 1 rings (SSSR count). The molecule has 0 radical (unpaired) electrons. The zero-order chi connectivity index (χ0) is 14.5. The fraction of sp³-hybridized carbons (Fsp3) is 0.200. The Hall–Kier alpha value is -1.94. The molecule has 0 amide bonds. The summed E-state index contributed by atoms with van der Waals surface area (Å²) in [6, 6.07) is 9.54. The van der Waals surface area contributed by atoms with Crippen molar-refractivity contribution in [2.45, 2.75) is 20.8 Å². The maximum Gasteiger partial charge on any atom is 0.736 e. The fourth-order valence-corrected chi connectivity index (χ4v) is 4.03. The largest absolute Gasteiger partial charge is 0.736 e. The Morgan fingerprint density at radius 3 is 1.47 bits per heavy atom. The molecule has 1 aromatic rings. The standard InChI is InChI=1S/C15H20O3Si/c1-12(2)16-19(17-13(3)4,18-14(5)6)15-10-8-7-9-11-15/h7-11H,1,3,5H2,2,4,6H3. The summed E-state index contributed by atoms with van der Waals surface area (Å²) < 4.78 is 17.5. The lowest BCUT2D eigenvalue weighted by Gasteiger charge is -2.30. The van der Waals surface area contributed by atoms with E-state index >= 15 is 0 Å². The van der Waals surface area contributed by atoms with Gasteiger partial charge in [-0.3, -0.25) is 0 Å². The summed E-state index contributed by atoms with van der Waals surface area (Å²) in [4.78, 5) is 0. The van der Waals surface area contributed by atoms with E-state index in [1.54, 1.807) is 20.8 Å². The van der Waals surface area contributed by atoms with Gasteiger partial charge >= 0.3 is 8.80 Å². The minimum atomic E-state index is -3.16. The number of rotatable bonds is 7. The van der Waals surface area contributed by atoms with Gasteiger partial charge in [-0.05, 0) is 20.8 Å². The summed E-state index contributed by atoms with van der Waals surface area (Å²) in [5.74, 6) is 1.58. The van der Waals surface area contributed by atoms with Crippen LogP contribution < -0.4 is 5.19 Å². The van der Waals surface area contributed by atoms with Crippen LogP contribution in [0.4, 0.5) is 0 Å². The molecule has 0 fully saturated rings. The summed E-state index contributed by atoms with van der Waals surface area (Å²) in [6.07, 6.45) is 0. The van der Waals surface area contributed by atoms with Gasteiger partial charge in [-0.15, -0.1) is 0 Å². The van der Waals surface area contributed by atoms with Crippen LogP contribution in [0.5, 0.6) is 0 Å². The topological polar surface area (TPSA) is 27.7 Å². The van der Waals surface area contributed by atoms with Gasteiger partial charge < -0.3 is 13.3 Å². The summed E-state index contributed by atoms with van der Waals surface area (Å²) in [5, 5.41) is 0.837. The third-order valence-corrected chi connectivity index (χ3v) is 4.95. The van der Waals surface area contributed by atoms with E-state index in [1.165, 1.54) is 0 Å². The van der Waals surface area contributed by atoms with E-state index in [2.05, 4.69) is 19.7 Å². The van der Waals surface area contributed by atoms with Gasteiger partial charge in [-0.1, -0.05) is 50.1 Å². The fourth-order valence-electron chi connectivity index (χ4n) is 1.57. The Balaban J connectivity index is 3.28. The quantitative estimate of drug-likeness (QED) is 0.563. The molecule has 0 bridgehead atoms. The van der Waals surface area contributed by atoms with Gasteiger partial charge in [0.25, 0.3) is 0 Å². The highest BCUT2D eigenvalue weighted by Gasteiger charge is 2.51. The summed E-state index contributed by atoms with van der Waals surface area (Å²) >= 11 is 0. The number of hydrogen-bond donors (Lipinski definition) is 0. The molecular formula is C15H20O3Si. The molecule has 0 saturated carbocycles. The molecule has 0 N–H and O–H groups in total. The summed E-state index contributed by atoms with van der Waals surface area (Å²) in [7, 11) is -3.16. The first kappa shape index (κ1) is 15.1. The number of hydrogen-bond acceptors (Lipinski definition) is 3. The molecule has 0 aromatic heterocycles. The molecule has 0 saturated heterocycles. The third-order valence-electron chi connectivity index (χ3n) is 2.05. The SMILES string of the molecule is C=C(C)O[Si](OC(=C)C)(OC(=C)C)c1ccccc1. The molecule has 102 valence electrons. The molecule has 0 unspecified atom stereocenters. The van der Waals surface area contributed by atoms with Gasteiger partial charge in [-0.25, -0.2) is 0 Å². The lowest BCUT2D eigenvalue weighted by molar-refractivity contribution is 0.161. The van der Waals surface area contributed by atoms with Gasteiger partial charge in [0.1, 0.15) is 0 Å². The molecule has 0 heterocycles. The van der Waals surface area contributed by atoms with E-state index < -0.39 is 8.80 Å². The van der Waals surface area contributed by atoms with Crippen molar-refractivity contribution >= 4 is 14.0 Å². The first-order chi connectivity index (χ1) is 8.85. The average molecular weight is 276 g/mol. The molecule has 19 heavy (non-hydrogen) atoms. The van der Waals surface area contributed by atoms with Crippen molar-refractivity contribution in [2.24, 2.45) is 0 Å². The van der Waals surface area contributed by atoms with Crippen LogP contribution in [0.1, 0.15) is 20.8 Å². The molecule has 0 atom stereocenters. The monoisotopic (exact) mass is 276 g/mol. The van der Waals surface area contributed by atoms with E-state index in [0.29, 0.717) is 17.3 Å². The first-order valence-corrected chi connectivity index (χ1v) is 7.67.